The van der Waals surface area contributed by atoms with Crippen LogP contribution in [0.1, 0.15) is 18.1 Å². The molecule has 0 aliphatic rings. The van der Waals surface area contributed by atoms with Gasteiger partial charge in [-0.05, 0) is 72.6 Å². The van der Waals surface area contributed by atoms with Crippen LogP contribution in [-0.2, 0) is 6.61 Å². The van der Waals surface area contributed by atoms with Crippen LogP contribution in [0.2, 0.25) is 0 Å². The molecule has 3 N–H and O–H groups in total. The van der Waals surface area contributed by atoms with Crippen LogP contribution in [0.25, 0.3) is 0 Å². The summed E-state index contributed by atoms with van der Waals surface area (Å²) in [5.41, 5.74) is 6.18. The van der Waals surface area contributed by atoms with Gasteiger partial charge in [0.2, 0.25) is 17.8 Å². The molecule has 1 heterocycles. The van der Waals surface area contributed by atoms with Gasteiger partial charge in [-0.1, -0.05) is 48.5 Å². The molecule has 5 aromatic rings. The van der Waals surface area contributed by atoms with Crippen LogP contribution in [-0.4, -0.2) is 27.8 Å². The van der Waals surface area contributed by atoms with E-state index in [0.717, 1.165) is 22.5 Å². The number of halogens is 1. The Bertz CT molecular complexity index is 1520. The number of rotatable bonds is 12. The molecule has 0 aliphatic carbocycles. The molecule has 0 aliphatic heterocycles. The summed E-state index contributed by atoms with van der Waals surface area (Å²) in [6, 6.07) is 30.9. The molecule has 0 spiro atoms. The molecule has 0 unspecified atom stereocenters. The Balaban J connectivity index is 1.31. The van der Waals surface area contributed by atoms with E-state index in [1.54, 1.807) is 18.3 Å². The molecule has 4 aromatic carbocycles. The average Bonchev–Trinajstić information content (AvgIpc) is 2.99. The summed E-state index contributed by atoms with van der Waals surface area (Å²) < 4.78 is 24.9. The summed E-state index contributed by atoms with van der Waals surface area (Å²) in [5.74, 6) is 1.81. The topological polar surface area (TPSA) is 106 Å². The molecular weight excluding hydrogens is 521 g/mol. The van der Waals surface area contributed by atoms with Gasteiger partial charge in [0.1, 0.15) is 12.4 Å². The van der Waals surface area contributed by atoms with Crippen molar-refractivity contribution in [2.45, 2.75) is 13.5 Å². The normalized spacial score (nSPS) is 10.8. The number of nitrogens with zero attached hydrogens (tertiary/aromatic N) is 4. The molecule has 0 atom stereocenters. The van der Waals surface area contributed by atoms with Crippen LogP contribution >= 0.6 is 0 Å². The zero-order valence-electron chi connectivity index (χ0n) is 22.3. The Labute approximate surface area is 237 Å². The summed E-state index contributed by atoms with van der Waals surface area (Å²) in [7, 11) is 0. The van der Waals surface area contributed by atoms with Gasteiger partial charge < -0.3 is 20.1 Å². The number of hydrogen-bond donors (Lipinski definition) is 3. The fourth-order valence-corrected chi connectivity index (χ4v) is 3.74. The van der Waals surface area contributed by atoms with Gasteiger partial charge in [-0.25, -0.2) is 9.82 Å². The lowest BCUT2D eigenvalue weighted by molar-refractivity contribution is 0.269. The molecule has 41 heavy (non-hydrogen) atoms. The highest BCUT2D eigenvalue weighted by Gasteiger charge is 2.09. The quantitative estimate of drug-likeness (QED) is 0.114. The zero-order valence-corrected chi connectivity index (χ0v) is 22.3. The van der Waals surface area contributed by atoms with E-state index < -0.39 is 0 Å². The largest absolute Gasteiger partial charge is 0.490 e. The third kappa shape index (κ3) is 7.99. The maximum Gasteiger partial charge on any atom is 0.250 e. The van der Waals surface area contributed by atoms with Gasteiger partial charge in [0, 0.05) is 11.4 Å². The van der Waals surface area contributed by atoms with Crippen molar-refractivity contribution < 1.29 is 13.9 Å². The molecule has 0 radical (unpaired) electrons. The number of benzene rings is 4. The third-order valence-corrected chi connectivity index (χ3v) is 5.65. The third-order valence-electron chi connectivity index (χ3n) is 5.65. The van der Waals surface area contributed by atoms with E-state index in [0.29, 0.717) is 30.0 Å². The van der Waals surface area contributed by atoms with Gasteiger partial charge >= 0.3 is 0 Å². The van der Waals surface area contributed by atoms with Crippen LogP contribution in [0.5, 0.6) is 11.5 Å². The summed E-state index contributed by atoms with van der Waals surface area (Å²) in [4.78, 5) is 13.4. The van der Waals surface area contributed by atoms with Crippen molar-refractivity contribution in [1.29, 1.82) is 0 Å². The molecule has 1 aromatic heterocycles. The fraction of sp³-hybridized carbons (Fsp3) is 0.0968. The summed E-state index contributed by atoms with van der Waals surface area (Å²) in [5, 5.41) is 10.7. The number of hydrogen-bond acceptors (Lipinski definition) is 9. The molecule has 5 rings (SSSR count). The van der Waals surface area contributed by atoms with Crippen molar-refractivity contribution in [3.05, 3.63) is 120 Å². The average molecular weight is 550 g/mol. The summed E-state index contributed by atoms with van der Waals surface area (Å²) >= 11 is 0. The molecule has 0 saturated heterocycles. The van der Waals surface area contributed by atoms with Crippen LogP contribution in [0.3, 0.4) is 0 Å². The molecule has 10 heteroatoms. The van der Waals surface area contributed by atoms with Crippen molar-refractivity contribution in [2.24, 2.45) is 5.10 Å². The summed E-state index contributed by atoms with van der Waals surface area (Å²) in [6.45, 7) is 2.65. The lowest BCUT2D eigenvalue weighted by Gasteiger charge is -2.12. The zero-order chi connectivity index (χ0) is 28.3. The van der Waals surface area contributed by atoms with Crippen molar-refractivity contribution in [3.63, 3.8) is 0 Å². The van der Waals surface area contributed by atoms with Crippen LogP contribution in [0.15, 0.2) is 108 Å². The lowest BCUT2D eigenvalue weighted by atomic mass is 10.2. The highest BCUT2D eigenvalue weighted by atomic mass is 19.1. The predicted molar refractivity (Wildman–Crippen MR) is 159 cm³/mol. The van der Waals surface area contributed by atoms with Crippen molar-refractivity contribution in [1.82, 2.24) is 15.0 Å². The molecule has 0 bridgehead atoms. The van der Waals surface area contributed by atoms with Gasteiger partial charge in [0.25, 0.3) is 0 Å². The van der Waals surface area contributed by atoms with Gasteiger partial charge in [-0.3, -0.25) is 0 Å². The van der Waals surface area contributed by atoms with Crippen LogP contribution < -0.4 is 25.5 Å². The minimum atomic E-state index is -0.287. The smallest absolute Gasteiger partial charge is 0.250 e. The Morgan fingerprint density at radius 1 is 0.707 bits per heavy atom. The van der Waals surface area contributed by atoms with Crippen LogP contribution in [0, 0.1) is 5.82 Å². The SMILES string of the molecule is CCOc1cc(/C=N\Nc2nc(Nc3ccccc3)nc(Nc3ccccc3)n2)ccc1OCc1ccc(F)cc1. The molecule has 9 nitrogen and oxygen atoms in total. The Hall–Kier alpha value is -5.51. The number of anilines is 5. The van der Waals surface area contributed by atoms with E-state index in [-0.39, 0.29) is 18.4 Å². The van der Waals surface area contributed by atoms with Crippen molar-refractivity contribution >= 4 is 35.4 Å². The first-order valence-electron chi connectivity index (χ1n) is 13.0. The van der Waals surface area contributed by atoms with E-state index in [1.807, 2.05) is 85.8 Å². The van der Waals surface area contributed by atoms with Gasteiger partial charge in [0.05, 0.1) is 12.8 Å². The van der Waals surface area contributed by atoms with Gasteiger partial charge in [-0.2, -0.15) is 20.1 Å². The number of ether oxygens (including phenoxy) is 2. The number of para-hydroxylation sites is 2. The van der Waals surface area contributed by atoms with E-state index >= 15 is 0 Å². The van der Waals surface area contributed by atoms with E-state index in [2.05, 4.69) is 36.1 Å². The number of nitrogens with one attached hydrogen (secondary N) is 3. The second kappa shape index (κ2) is 13.5. The molecular formula is C31H28FN7O2. The Morgan fingerprint density at radius 2 is 1.32 bits per heavy atom. The second-order valence-corrected chi connectivity index (χ2v) is 8.71. The van der Waals surface area contributed by atoms with E-state index in [1.165, 1.54) is 12.1 Å². The first-order valence-corrected chi connectivity index (χ1v) is 13.0. The van der Waals surface area contributed by atoms with E-state index in [9.17, 15) is 4.39 Å². The molecule has 0 amide bonds. The fourth-order valence-electron chi connectivity index (χ4n) is 3.74. The number of hydrazone groups is 1. The highest BCUT2D eigenvalue weighted by molar-refractivity contribution is 5.81. The Kier molecular flexibility index (Phi) is 8.93. The maximum atomic E-state index is 13.2. The summed E-state index contributed by atoms with van der Waals surface area (Å²) in [6.07, 6.45) is 1.63. The first-order chi connectivity index (χ1) is 20.1. The number of aromatic nitrogens is 3. The highest BCUT2D eigenvalue weighted by Crippen LogP contribution is 2.29. The molecule has 0 saturated carbocycles. The van der Waals surface area contributed by atoms with Crippen molar-refractivity contribution in [2.75, 3.05) is 22.7 Å². The van der Waals surface area contributed by atoms with Crippen molar-refractivity contribution in [3.8, 4) is 11.5 Å². The Morgan fingerprint density at radius 3 is 1.93 bits per heavy atom. The minimum absolute atomic E-state index is 0.248. The van der Waals surface area contributed by atoms with Crippen LogP contribution in [0.4, 0.5) is 33.6 Å². The van der Waals surface area contributed by atoms with E-state index in [4.69, 9.17) is 9.47 Å². The monoisotopic (exact) mass is 549 g/mol. The minimum Gasteiger partial charge on any atom is -0.490 e. The predicted octanol–water partition coefficient (Wildman–Crippen LogP) is 6.92. The lowest BCUT2D eigenvalue weighted by Crippen LogP contribution is -2.07. The van der Waals surface area contributed by atoms with Gasteiger partial charge in [0.15, 0.2) is 11.5 Å². The first kappa shape index (κ1) is 27.1. The molecule has 206 valence electrons. The standard InChI is InChI=1S/C31H28FN7O2/c1-2-40-28-19-23(15-18-27(28)41-21-22-13-16-24(32)17-14-22)20-33-39-31-37-29(34-25-9-5-3-6-10-25)36-30(38-31)35-26-11-7-4-8-12-26/h3-20H,2,21H2,1H3,(H3,34,35,36,37,38,39)/b33-20-. The molecule has 0 fully saturated rings. The van der Waals surface area contributed by atoms with Gasteiger partial charge in [-0.15, -0.1) is 0 Å². The maximum absolute atomic E-state index is 13.2. The second-order valence-electron chi connectivity index (χ2n) is 8.71.